The van der Waals surface area contributed by atoms with Gasteiger partial charge in [0.15, 0.2) is 0 Å². The van der Waals surface area contributed by atoms with Crippen molar-refractivity contribution >= 4 is 23.8 Å². The Labute approximate surface area is 322 Å². The molecule has 3 saturated heterocycles. The van der Waals surface area contributed by atoms with Crippen LogP contribution < -0.4 is 20.7 Å². The number of nitrogens with one attached hydrogen (secondary N) is 3. The summed E-state index contributed by atoms with van der Waals surface area (Å²) in [6.07, 6.45) is 3.57. The summed E-state index contributed by atoms with van der Waals surface area (Å²) in [7, 11) is 0. The van der Waals surface area contributed by atoms with E-state index in [1.54, 1.807) is 23.1 Å². The van der Waals surface area contributed by atoms with Crippen LogP contribution in [0.1, 0.15) is 51.9 Å². The number of ether oxygens (including phenoxy) is 1. The number of hydrogen-bond acceptors (Lipinski definition) is 8. The zero-order chi connectivity index (χ0) is 38.7. The van der Waals surface area contributed by atoms with Crippen LogP contribution in [-0.2, 0) is 40.2 Å². The Balaban J connectivity index is 1.18. The molecule has 0 bridgehead atoms. The Morgan fingerprint density at radius 2 is 1.07 bits per heavy atom. The third kappa shape index (κ3) is 10.9. The summed E-state index contributed by atoms with van der Waals surface area (Å²) in [6.45, 7) is 5.14. The Bertz CT molecular complexity index is 1780. The van der Waals surface area contributed by atoms with Gasteiger partial charge in [-0.05, 0) is 142 Å². The van der Waals surface area contributed by atoms with Gasteiger partial charge in [0.2, 0.25) is 0 Å². The Kier molecular flexibility index (Phi) is 13.9. The van der Waals surface area contributed by atoms with Gasteiger partial charge < -0.3 is 40.9 Å². The fraction of sp³-hybridized carbons (Fsp3) is 0.488. The van der Waals surface area contributed by atoms with Crippen molar-refractivity contribution in [1.29, 1.82) is 0 Å². The van der Waals surface area contributed by atoms with Gasteiger partial charge >= 0.3 is 17.9 Å². The van der Waals surface area contributed by atoms with Crippen LogP contribution in [0.4, 0.5) is 0 Å². The molecule has 1 amide bonds. The summed E-state index contributed by atoms with van der Waals surface area (Å²) in [5.74, 6) is -3.49. The van der Waals surface area contributed by atoms with E-state index in [1.165, 1.54) is 0 Å². The molecule has 6 rings (SSSR count). The number of benzene rings is 3. The number of nitrogens with zero attached hydrogens (tertiary/aromatic N) is 1. The zero-order valence-electron chi connectivity index (χ0n) is 31.3. The highest BCUT2D eigenvalue weighted by Crippen LogP contribution is 2.28. The lowest BCUT2D eigenvalue weighted by molar-refractivity contribution is -0.144. The zero-order valence-corrected chi connectivity index (χ0v) is 31.3. The first-order valence-corrected chi connectivity index (χ1v) is 19.6. The number of aliphatic carboxylic acids is 3. The molecule has 3 heterocycles. The molecule has 294 valence electrons. The van der Waals surface area contributed by atoms with Gasteiger partial charge in [-0.1, -0.05) is 48.5 Å². The molecule has 3 aromatic carbocycles. The smallest absolute Gasteiger partial charge is 0.307 e. The lowest BCUT2D eigenvalue weighted by Crippen LogP contribution is -2.34. The van der Waals surface area contributed by atoms with Gasteiger partial charge in [-0.15, -0.1) is 0 Å². The Morgan fingerprint density at radius 1 is 0.618 bits per heavy atom. The van der Waals surface area contributed by atoms with Crippen molar-refractivity contribution in [1.82, 2.24) is 20.9 Å². The first kappa shape index (κ1) is 39.9. The number of amides is 1. The van der Waals surface area contributed by atoms with Gasteiger partial charge in [0.05, 0.1) is 24.3 Å². The van der Waals surface area contributed by atoms with Crippen molar-refractivity contribution in [2.24, 2.45) is 35.5 Å². The fourth-order valence-corrected chi connectivity index (χ4v) is 8.57. The van der Waals surface area contributed by atoms with Crippen LogP contribution in [0.25, 0.3) is 0 Å². The number of carbonyl (C=O) groups is 4. The quantitative estimate of drug-likeness (QED) is 0.104. The summed E-state index contributed by atoms with van der Waals surface area (Å²) in [5, 5.41) is 39.8. The summed E-state index contributed by atoms with van der Waals surface area (Å²) in [5.41, 5.74) is 3.87. The topological polar surface area (TPSA) is 178 Å². The standard InChI is InChI=1S/C43H54N4O8/c48-40(32-8-2-5-29(19-32)22-38(42(51)52)34-11-14-45-25-34)47(27-31-7-1-4-28(18-31)21-37(41(49)50)33-10-13-44-24-33)16-17-55-36-9-3-6-30(20-36)23-39(43(53)54)35-12-15-46-26-35/h1-9,18-20,33-35,37-39,44-46H,10-17,21-27H2,(H,49,50)(H,51,52)(H,53,54)/t33-,34-,35-,37-,38-,39-/m0/s1. The van der Waals surface area contributed by atoms with Crippen molar-refractivity contribution in [2.75, 3.05) is 52.4 Å². The van der Waals surface area contributed by atoms with Crippen LogP contribution in [0.2, 0.25) is 0 Å². The molecule has 55 heavy (non-hydrogen) atoms. The molecule has 3 aromatic rings. The molecule has 0 aliphatic carbocycles. The molecule has 6 atom stereocenters. The number of carbonyl (C=O) groups excluding carboxylic acids is 1. The monoisotopic (exact) mass is 754 g/mol. The summed E-state index contributed by atoms with van der Waals surface area (Å²) < 4.78 is 6.19. The average molecular weight is 755 g/mol. The van der Waals surface area contributed by atoms with E-state index in [-0.39, 0.29) is 43.4 Å². The maximum atomic E-state index is 14.3. The Hall–Kier alpha value is -4.78. The third-order valence-electron chi connectivity index (χ3n) is 11.7. The van der Waals surface area contributed by atoms with E-state index >= 15 is 0 Å². The second-order valence-electron chi connectivity index (χ2n) is 15.4. The average Bonchev–Trinajstić information content (AvgIpc) is 4.00. The van der Waals surface area contributed by atoms with Crippen LogP contribution in [0, 0.1) is 35.5 Å². The van der Waals surface area contributed by atoms with Crippen molar-refractivity contribution in [3.05, 3.63) is 101 Å². The molecular weight excluding hydrogens is 700 g/mol. The number of hydrogen-bond donors (Lipinski definition) is 6. The molecular formula is C43H54N4O8. The summed E-state index contributed by atoms with van der Waals surface area (Å²) in [6, 6.07) is 22.4. The minimum Gasteiger partial charge on any atom is -0.492 e. The maximum absolute atomic E-state index is 14.3. The largest absolute Gasteiger partial charge is 0.492 e. The molecule has 0 spiro atoms. The molecule has 12 heteroatoms. The van der Waals surface area contributed by atoms with Gasteiger partial charge in [-0.2, -0.15) is 0 Å². The van der Waals surface area contributed by atoms with E-state index in [0.717, 1.165) is 61.2 Å². The predicted octanol–water partition coefficient (Wildman–Crippen LogP) is 3.97. The highest BCUT2D eigenvalue weighted by Gasteiger charge is 2.33. The third-order valence-corrected chi connectivity index (χ3v) is 11.7. The van der Waals surface area contributed by atoms with E-state index in [9.17, 15) is 34.5 Å². The summed E-state index contributed by atoms with van der Waals surface area (Å²) >= 11 is 0. The molecule has 3 aliphatic rings. The van der Waals surface area contributed by atoms with Crippen molar-refractivity contribution in [3.63, 3.8) is 0 Å². The maximum Gasteiger partial charge on any atom is 0.307 e. The van der Waals surface area contributed by atoms with Crippen molar-refractivity contribution in [2.45, 2.75) is 45.1 Å². The highest BCUT2D eigenvalue weighted by atomic mass is 16.5. The molecule has 0 saturated carbocycles. The number of carboxylic acids is 3. The van der Waals surface area contributed by atoms with Gasteiger partial charge in [0, 0.05) is 12.1 Å². The summed E-state index contributed by atoms with van der Waals surface area (Å²) in [4.78, 5) is 52.6. The minimum absolute atomic E-state index is 0.0247. The lowest BCUT2D eigenvalue weighted by Gasteiger charge is -2.25. The first-order chi connectivity index (χ1) is 26.6. The molecule has 6 N–H and O–H groups in total. The SMILES string of the molecule is O=C(O)[C@@H](Cc1cccc(CN(CCOc2cccc(C[C@H](C(=O)O)[C@H]3CCNC3)c2)C(=O)c2cccc(C[C@H](C(=O)O)[C@H]3CCNC3)c2)c1)[C@H]1CCNC1. The molecule has 12 nitrogen and oxygen atoms in total. The highest BCUT2D eigenvalue weighted by molar-refractivity contribution is 5.94. The molecule has 3 aliphatic heterocycles. The van der Waals surface area contributed by atoms with Gasteiger partial charge in [0.1, 0.15) is 12.4 Å². The minimum atomic E-state index is -0.837. The number of rotatable bonds is 19. The van der Waals surface area contributed by atoms with Gasteiger partial charge in [0.25, 0.3) is 5.91 Å². The van der Waals surface area contributed by atoms with Crippen LogP contribution in [0.5, 0.6) is 5.75 Å². The van der Waals surface area contributed by atoms with E-state index < -0.39 is 35.7 Å². The van der Waals surface area contributed by atoms with E-state index in [4.69, 9.17) is 4.74 Å². The van der Waals surface area contributed by atoms with Crippen LogP contribution in [-0.4, -0.2) is 96.5 Å². The van der Waals surface area contributed by atoms with E-state index in [1.807, 2.05) is 54.6 Å². The van der Waals surface area contributed by atoms with Crippen LogP contribution in [0.15, 0.2) is 72.8 Å². The second-order valence-corrected chi connectivity index (χ2v) is 15.4. The Morgan fingerprint density at radius 3 is 1.56 bits per heavy atom. The predicted molar refractivity (Wildman–Crippen MR) is 207 cm³/mol. The second kappa shape index (κ2) is 19.2. The van der Waals surface area contributed by atoms with E-state index in [2.05, 4.69) is 16.0 Å². The molecule has 0 aromatic heterocycles. The normalized spacial score (nSPS) is 21.1. The molecule has 0 unspecified atom stereocenters. The molecule has 3 fully saturated rings. The van der Waals surface area contributed by atoms with Crippen LogP contribution in [0.3, 0.4) is 0 Å². The lowest BCUT2D eigenvalue weighted by atomic mass is 9.86. The van der Waals surface area contributed by atoms with E-state index in [0.29, 0.717) is 50.2 Å². The van der Waals surface area contributed by atoms with Crippen LogP contribution >= 0.6 is 0 Å². The van der Waals surface area contributed by atoms with Crippen molar-refractivity contribution in [3.8, 4) is 5.75 Å². The van der Waals surface area contributed by atoms with Gasteiger partial charge in [-0.25, -0.2) is 0 Å². The van der Waals surface area contributed by atoms with Crippen molar-refractivity contribution < 1.29 is 39.2 Å². The first-order valence-electron chi connectivity index (χ1n) is 19.6. The fourth-order valence-electron chi connectivity index (χ4n) is 8.57. The number of carboxylic acid groups (broad SMARTS) is 3. The molecule has 0 radical (unpaired) electrons. The van der Waals surface area contributed by atoms with Gasteiger partial charge in [-0.3, -0.25) is 19.2 Å².